The maximum Gasteiger partial charge on any atom is 0.321 e. The van der Waals surface area contributed by atoms with Crippen LogP contribution >= 0.6 is 0 Å². The molecule has 24 heavy (non-hydrogen) atoms. The van der Waals surface area contributed by atoms with Gasteiger partial charge in [0.05, 0.1) is 23.8 Å². The van der Waals surface area contributed by atoms with E-state index in [2.05, 4.69) is 5.32 Å². The van der Waals surface area contributed by atoms with Gasteiger partial charge in [-0.3, -0.25) is 9.59 Å². The summed E-state index contributed by atoms with van der Waals surface area (Å²) in [6.07, 6.45) is 0.895. The van der Waals surface area contributed by atoms with Crippen LogP contribution in [0.15, 0.2) is 18.2 Å². The smallest absolute Gasteiger partial charge is 0.321 e. The minimum absolute atomic E-state index is 0.00937. The maximum atomic E-state index is 12.5. The van der Waals surface area contributed by atoms with Crippen LogP contribution in [0.5, 0.6) is 5.75 Å². The van der Waals surface area contributed by atoms with Crippen LogP contribution in [-0.4, -0.2) is 47.5 Å². The number of nitrogens with one attached hydrogen (secondary N) is 1. The number of rotatable bonds is 2. The van der Waals surface area contributed by atoms with Crippen LogP contribution in [0.25, 0.3) is 0 Å². The summed E-state index contributed by atoms with van der Waals surface area (Å²) < 4.78 is 5.55. The van der Waals surface area contributed by atoms with Gasteiger partial charge >= 0.3 is 12.0 Å². The number of Topliss-reactive ketones (excluding diaryl/α,β-unsaturated/α-hetero) is 1. The molecule has 1 aromatic rings. The first-order valence-corrected chi connectivity index (χ1v) is 8.03. The van der Waals surface area contributed by atoms with Gasteiger partial charge in [0.2, 0.25) is 0 Å². The molecule has 2 atom stereocenters. The van der Waals surface area contributed by atoms with Crippen molar-refractivity contribution in [3.8, 4) is 5.75 Å². The molecule has 3 rings (SSSR count). The van der Waals surface area contributed by atoms with E-state index < -0.39 is 11.9 Å². The summed E-state index contributed by atoms with van der Waals surface area (Å²) in [6, 6.07) is 4.68. The Morgan fingerprint density at radius 1 is 1.33 bits per heavy atom. The van der Waals surface area contributed by atoms with Crippen LogP contribution in [0.2, 0.25) is 0 Å². The lowest BCUT2D eigenvalue weighted by atomic mass is 9.91. The van der Waals surface area contributed by atoms with Gasteiger partial charge in [-0.25, -0.2) is 4.79 Å². The number of ether oxygens (including phenoxy) is 1. The number of carbonyl (C=O) groups excluding carboxylic acids is 2. The summed E-state index contributed by atoms with van der Waals surface area (Å²) in [5, 5.41) is 12.0. The number of hydrogen-bond acceptors (Lipinski definition) is 4. The number of likely N-dealkylation sites (tertiary alicyclic amines) is 1. The van der Waals surface area contributed by atoms with Crippen molar-refractivity contribution in [1.82, 2.24) is 4.90 Å². The fraction of sp³-hybridized carbons (Fsp3) is 0.471. The lowest BCUT2D eigenvalue weighted by Crippen LogP contribution is -2.47. The number of para-hydroxylation sites is 1. The molecule has 1 fully saturated rings. The Kier molecular flexibility index (Phi) is 4.42. The molecule has 0 radical (unpaired) electrons. The number of aliphatic carboxylic acids is 1. The molecule has 2 unspecified atom stereocenters. The zero-order chi connectivity index (χ0) is 17.3. The number of fused-ring (bicyclic) bond motifs is 1. The molecule has 1 aromatic carbocycles. The van der Waals surface area contributed by atoms with Gasteiger partial charge in [-0.1, -0.05) is 13.0 Å². The molecule has 2 aliphatic rings. The molecule has 0 aliphatic carbocycles. The second kappa shape index (κ2) is 6.51. The molecule has 0 saturated carbocycles. The molecule has 2 heterocycles. The number of carboxylic acids is 1. The summed E-state index contributed by atoms with van der Waals surface area (Å²) >= 11 is 0. The van der Waals surface area contributed by atoms with Crippen molar-refractivity contribution in [2.24, 2.45) is 11.8 Å². The number of benzene rings is 1. The summed E-state index contributed by atoms with van der Waals surface area (Å²) in [4.78, 5) is 37.2. The molecule has 7 nitrogen and oxygen atoms in total. The van der Waals surface area contributed by atoms with Crippen LogP contribution in [-0.2, 0) is 4.79 Å². The first-order chi connectivity index (χ1) is 11.5. The third-order valence-corrected chi connectivity index (χ3v) is 4.43. The summed E-state index contributed by atoms with van der Waals surface area (Å²) in [5.74, 6) is -0.938. The third-order valence-electron chi connectivity index (χ3n) is 4.43. The Morgan fingerprint density at radius 3 is 2.88 bits per heavy atom. The van der Waals surface area contributed by atoms with E-state index in [4.69, 9.17) is 4.74 Å². The lowest BCUT2D eigenvalue weighted by Gasteiger charge is -2.34. The van der Waals surface area contributed by atoms with Crippen molar-refractivity contribution < 1.29 is 24.2 Å². The van der Waals surface area contributed by atoms with Gasteiger partial charge in [-0.05, 0) is 24.5 Å². The number of piperidine rings is 1. The van der Waals surface area contributed by atoms with Crippen LogP contribution < -0.4 is 10.1 Å². The highest BCUT2D eigenvalue weighted by atomic mass is 16.5. The highest BCUT2D eigenvalue weighted by Crippen LogP contribution is 2.33. The van der Waals surface area contributed by atoms with Gasteiger partial charge in [0, 0.05) is 19.5 Å². The average Bonchev–Trinajstić information content (AvgIpc) is 2.55. The summed E-state index contributed by atoms with van der Waals surface area (Å²) in [7, 11) is 0. The molecule has 1 saturated heterocycles. The third kappa shape index (κ3) is 3.20. The molecule has 2 N–H and O–H groups in total. The molecular weight excluding hydrogens is 312 g/mol. The number of amides is 2. The van der Waals surface area contributed by atoms with Gasteiger partial charge in [-0.15, -0.1) is 0 Å². The Labute approximate surface area is 139 Å². The first kappa shape index (κ1) is 16.3. The van der Waals surface area contributed by atoms with Gasteiger partial charge in [0.1, 0.15) is 0 Å². The monoisotopic (exact) mass is 332 g/mol. The zero-order valence-electron chi connectivity index (χ0n) is 13.4. The minimum atomic E-state index is -0.884. The minimum Gasteiger partial charge on any atom is -0.490 e. The number of ketones is 1. The number of carbonyl (C=O) groups is 3. The van der Waals surface area contributed by atoms with Crippen LogP contribution in [0.3, 0.4) is 0 Å². The van der Waals surface area contributed by atoms with Gasteiger partial charge in [0.25, 0.3) is 0 Å². The van der Waals surface area contributed by atoms with E-state index in [1.165, 1.54) is 4.90 Å². The predicted molar refractivity (Wildman–Crippen MR) is 86.4 cm³/mol. The fourth-order valence-electron chi connectivity index (χ4n) is 3.28. The fourth-order valence-corrected chi connectivity index (χ4v) is 3.28. The quantitative estimate of drug-likeness (QED) is 0.866. The SMILES string of the molecule is CC1CC(C(=O)O)CN(C(=O)Nc2cccc3c2OCCC3=O)C1. The Balaban J connectivity index is 1.77. The Hall–Kier alpha value is -2.57. The highest BCUT2D eigenvalue weighted by Gasteiger charge is 2.32. The predicted octanol–water partition coefficient (Wildman–Crippen LogP) is 2.23. The second-order valence-electron chi connectivity index (χ2n) is 6.42. The largest absolute Gasteiger partial charge is 0.490 e. The van der Waals surface area contributed by atoms with E-state index in [1.807, 2.05) is 6.92 Å². The molecule has 0 spiro atoms. The molecule has 2 amide bonds. The van der Waals surface area contributed by atoms with Crippen LogP contribution in [0.1, 0.15) is 30.1 Å². The van der Waals surface area contributed by atoms with Crippen molar-refractivity contribution >= 4 is 23.5 Å². The van der Waals surface area contributed by atoms with Crippen molar-refractivity contribution in [2.45, 2.75) is 19.8 Å². The number of urea groups is 1. The second-order valence-corrected chi connectivity index (χ2v) is 6.42. The molecule has 0 aromatic heterocycles. The van der Waals surface area contributed by atoms with Crippen LogP contribution in [0.4, 0.5) is 10.5 Å². The summed E-state index contributed by atoms with van der Waals surface area (Å²) in [6.45, 7) is 2.91. The van der Waals surface area contributed by atoms with Crippen molar-refractivity contribution in [2.75, 3.05) is 25.0 Å². The van der Waals surface area contributed by atoms with Crippen molar-refractivity contribution in [3.63, 3.8) is 0 Å². The van der Waals surface area contributed by atoms with E-state index >= 15 is 0 Å². The van der Waals surface area contributed by atoms with E-state index in [9.17, 15) is 19.5 Å². The zero-order valence-corrected chi connectivity index (χ0v) is 13.4. The van der Waals surface area contributed by atoms with E-state index in [0.717, 1.165) is 0 Å². The number of anilines is 1. The molecule has 0 bridgehead atoms. The lowest BCUT2D eigenvalue weighted by molar-refractivity contribution is -0.143. The normalized spacial score (nSPS) is 23.2. The van der Waals surface area contributed by atoms with Gasteiger partial charge in [-0.2, -0.15) is 0 Å². The standard InChI is InChI=1S/C17H20N2O5/c1-10-7-11(16(21)22)9-19(8-10)17(23)18-13-4-2-3-12-14(20)5-6-24-15(12)13/h2-4,10-11H,5-9H2,1H3,(H,18,23)(H,21,22). The van der Waals surface area contributed by atoms with Gasteiger partial charge in [0.15, 0.2) is 11.5 Å². The van der Waals surface area contributed by atoms with E-state index in [-0.39, 0.29) is 24.3 Å². The molecular formula is C17H20N2O5. The topological polar surface area (TPSA) is 95.9 Å². The van der Waals surface area contributed by atoms with E-state index in [0.29, 0.717) is 43.0 Å². The maximum absolute atomic E-state index is 12.5. The number of nitrogens with zero attached hydrogens (tertiary/aromatic N) is 1. The van der Waals surface area contributed by atoms with Gasteiger partial charge < -0.3 is 20.1 Å². The first-order valence-electron chi connectivity index (χ1n) is 8.03. The molecule has 2 aliphatic heterocycles. The van der Waals surface area contributed by atoms with Crippen molar-refractivity contribution in [1.29, 1.82) is 0 Å². The van der Waals surface area contributed by atoms with Crippen LogP contribution in [0, 0.1) is 11.8 Å². The number of carboxylic acid groups (broad SMARTS) is 1. The summed E-state index contributed by atoms with van der Waals surface area (Å²) in [5.41, 5.74) is 0.908. The Morgan fingerprint density at radius 2 is 2.12 bits per heavy atom. The van der Waals surface area contributed by atoms with Crippen molar-refractivity contribution in [3.05, 3.63) is 23.8 Å². The Bertz CT molecular complexity index is 688. The molecule has 7 heteroatoms. The highest BCUT2D eigenvalue weighted by molar-refractivity contribution is 6.03. The molecule has 128 valence electrons. The van der Waals surface area contributed by atoms with E-state index in [1.54, 1.807) is 18.2 Å². The average molecular weight is 332 g/mol. The number of hydrogen-bond donors (Lipinski definition) is 2.